The van der Waals surface area contributed by atoms with E-state index in [2.05, 4.69) is 31.0 Å². The van der Waals surface area contributed by atoms with Crippen molar-refractivity contribution in [3.63, 3.8) is 0 Å². The van der Waals surface area contributed by atoms with E-state index in [-0.39, 0.29) is 28.5 Å². The lowest BCUT2D eigenvalue weighted by Crippen LogP contribution is -2.53. The van der Waals surface area contributed by atoms with Crippen molar-refractivity contribution in [2.45, 2.75) is 65.3 Å². The molecule has 1 aromatic heterocycles. The Kier molecular flexibility index (Phi) is 6.20. The molecule has 0 spiro atoms. The smallest absolute Gasteiger partial charge is 0.274 e. The summed E-state index contributed by atoms with van der Waals surface area (Å²) in [5, 5.41) is 6.16. The Balaban J connectivity index is 1.72. The van der Waals surface area contributed by atoms with Crippen molar-refractivity contribution < 1.29 is 9.59 Å². The zero-order valence-corrected chi connectivity index (χ0v) is 17.2. The van der Waals surface area contributed by atoms with Crippen LogP contribution in [0.1, 0.15) is 69.8 Å². The Labute approximate surface area is 166 Å². The van der Waals surface area contributed by atoms with Gasteiger partial charge < -0.3 is 9.80 Å². The van der Waals surface area contributed by atoms with Gasteiger partial charge in [0, 0.05) is 25.7 Å². The van der Waals surface area contributed by atoms with Crippen molar-refractivity contribution in [3.05, 3.63) is 28.2 Å². The highest BCUT2D eigenvalue weighted by Crippen LogP contribution is 2.34. The molecule has 2 fully saturated rings. The van der Waals surface area contributed by atoms with Crippen LogP contribution in [-0.2, 0) is 4.79 Å². The van der Waals surface area contributed by atoms with Gasteiger partial charge in [-0.3, -0.25) is 14.4 Å². The average molecular weight is 389 g/mol. The zero-order valence-electron chi connectivity index (χ0n) is 17.2. The summed E-state index contributed by atoms with van der Waals surface area (Å²) < 4.78 is 0. The second kappa shape index (κ2) is 8.45. The van der Waals surface area contributed by atoms with Gasteiger partial charge >= 0.3 is 0 Å². The van der Waals surface area contributed by atoms with Gasteiger partial charge in [-0.25, -0.2) is 5.10 Å². The number of nitrogens with zero attached hydrogens (tertiary/aromatic N) is 3. The summed E-state index contributed by atoms with van der Waals surface area (Å²) in [5.74, 6) is 0.392. The number of nitrogens with one attached hydrogen (secondary N) is 1. The molecule has 2 amide bonds. The predicted molar refractivity (Wildman–Crippen MR) is 107 cm³/mol. The summed E-state index contributed by atoms with van der Waals surface area (Å²) >= 11 is 0. The molecule has 154 valence electrons. The zero-order chi connectivity index (χ0) is 20.3. The van der Waals surface area contributed by atoms with E-state index in [1.165, 1.54) is 12.1 Å². The molecule has 0 aliphatic carbocycles. The molecule has 2 aliphatic rings. The molecule has 2 aliphatic heterocycles. The van der Waals surface area contributed by atoms with Crippen LogP contribution in [0, 0.1) is 11.3 Å². The first-order chi connectivity index (χ1) is 13.3. The number of aromatic amines is 1. The Morgan fingerprint density at radius 1 is 1.04 bits per heavy atom. The molecule has 1 aromatic rings. The van der Waals surface area contributed by atoms with Gasteiger partial charge in [-0.2, -0.15) is 5.10 Å². The molecule has 2 atom stereocenters. The summed E-state index contributed by atoms with van der Waals surface area (Å²) in [5.41, 5.74) is 0.0886. The molecule has 2 unspecified atom stereocenters. The van der Waals surface area contributed by atoms with E-state index in [9.17, 15) is 14.4 Å². The van der Waals surface area contributed by atoms with Gasteiger partial charge in [0.15, 0.2) is 0 Å². The fourth-order valence-electron chi connectivity index (χ4n) is 4.44. The number of carbonyl (C=O) groups excluding carboxylic acids is 2. The highest BCUT2D eigenvalue weighted by molar-refractivity contribution is 5.96. The third-order valence-electron chi connectivity index (χ3n) is 6.21. The van der Waals surface area contributed by atoms with Gasteiger partial charge in [-0.15, -0.1) is 0 Å². The summed E-state index contributed by atoms with van der Waals surface area (Å²) in [6.45, 7) is 8.89. The summed E-state index contributed by atoms with van der Waals surface area (Å²) in [6.07, 6.45) is 5.67. The van der Waals surface area contributed by atoms with Gasteiger partial charge in [0.2, 0.25) is 5.91 Å². The minimum atomic E-state index is -0.429. The van der Waals surface area contributed by atoms with Crippen LogP contribution < -0.4 is 5.56 Å². The number of aromatic nitrogens is 2. The Morgan fingerprint density at radius 2 is 1.82 bits per heavy atom. The topological polar surface area (TPSA) is 86.4 Å². The highest BCUT2D eigenvalue weighted by Gasteiger charge is 2.37. The van der Waals surface area contributed by atoms with Crippen LogP contribution in [0.3, 0.4) is 0 Å². The SMILES string of the molecule is CC(C)(C)C1CCCN(C(=O)C2CCCCN2C(=O)c2ccc(=O)[nH]n2)CC1. The minimum Gasteiger partial charge on any atom is -0.341 e. The number of H-pyrrole nitrogens is 1. The maximum Gasteiger partial charge on any atom is 0.274 e. The van der Waals surface area contributed by atoms with E-state index in [0.29, 0.717) is 18.9 Å². The average Bonchev–Trinajstić information content (AvgIpc) is 2.94. The molecule has 3 rings (SSSR count). The fourth-order valence-corrected chi connectivity index (χ4v) is 4.44. The highest BCUT2D eigenvalue weighted by atomic mass is 16.2. The van der Waals surface area contributed by atoms with Gasteiger partial charge in [-0.1, -0.05) is 20.8 Å². The number of rotatable bonds is 2. The molecule has 0 bridgehead atoms. The van der Waals surface area contributed by atoms with Gasteiger partial charge in [-0.05, 0) is 55.9 Å². The van der Waals surface area contributed by atoms with Crippen LogP contribution >= 0.6 is 0 Å². The second-order valence-corrected chi connectivity index (χ2v) is 9.14. The molecule has 0 radical (unpaired) electrons. The molecule has 0 saturated carbocycles. The van der Waals surface area contributed by atoms with Crippen LogP contribution in [-0.4, -0.2) is 57.5 Å². The lowest BCUT2D eigenvalue weighted by molar-refractivity contribution is -0.137. The second-order valence-electron chi connectivity index (χ2n) is 9.14. The monoisotopic (exact) mass is 388 g/mol. The van der Waals surface area contributed by atoms with Gasteiger partial charge in [0.25, 0.3) is 11.5 Å². The minimum absolute atomic E-state index is 0.0621. The largest absolute Gasteiger partial charge is 0.341 e. The molecule has 1 N–H and O–H groups in total. The van der Waals surface area contributed by atoms with Crippen LogP contribution in [0.25, 0.3) is 0 Å². The lowest BCUT2D eigenvalue weighted by Gasteiger charge is -2.37. The number of carbonyl (C=O) groups is 2. The van der Waals surface area contributed by atoms with Gasteiger partial charge in [0.05, 0.1) is 0 Å². The van der Waals surface area contributed by atoms with E-state index < -0.39 is 6.04 Å². The Bertz CT molecular complexity index is 747. The molecule has 28 heavy (non-hydrogen) atoms. The van der Waals surface area contributed by atoms with E-state index in [1.807, 2.05) is 4.90 Å². The number of likely N-dealkylation sites (tertiary alicyclic amines) is 2. The van der Waals surface area contributed by atoms with E-state index in [4.69, 9.17) is 0 Å². The van der Waals surface area contributed by atoms with E-state index >= 15 is 0 Å². The Hall–Kier alpha value is -2.18. The maximum atomic E-state index is 13.3. The third-order valence-corrected chi connectivity index (χ3v) is 6.21. The van der Waals surface area contributed by atoms with E-state index in [1.54, 1.807) is 4.90 Å². The molecular weight excluding hydrogens is 356 g/mol. The first-order valence-corrected chi connectivity index (χ1v) is 10.4. The van der Waals surface area contributed by atoms with Crippen molar-refractivity contribution in [1.29, 1.82) is 0 Å². The molecule has 2 saturated heterocycles. The number of hydrogen-bond donors (Lipinski definition) is 1. The fraction of sp³-hybridized carbons (Fsp3) is 0.714. The standard InChI is InChI=1S/C21H32N4O3/c1-21(2,3)15-7-6-12-24(14-11-15)20(28)17-8-4-5-13-25(17)19(27)16-9-10-18(26)23-22-16/h9-10,15,17H,4-8,11-14H2,1-3H3,(H,23,26). The van der Waals surface area contributed by atoms with Crippen molar-refractivity contribution in [2.75, 3.05) is 19.6 Å². The van der Waals surface area contributed by atoms with Crippen molar-refractivity contribution >= 4 is 11.8 Å². The Morgan fingerprint density at radius 3 is 2.50 bits per heavy atom. The van der Waals surface area contributed by atoms with Crippen LogP contribution in [0.5, 0.6) is 0 Å². The normalized spacial score (nSPS) is 24.0. The summed E-state index contributed by atoms with van der Waals surface area (Å²) in [6, 6.07) is 2.29. The quantitative estimate of drug-likeness (QED) is 0.843. The first kappa shape index (κ1) is 20.6. The number of hydrogen-bond acceptors (Lipinski definition) is 4. The number of piperidine rings is 1. The molecule has 0 aromatic carbocycles. The maximum absolute atomic E-state index is 13.3. The van der Waals surface area contributed by atoms with Crippen molar-refractivity contribution in [2.24, 2.45) is 11.3 Å². The molecular formula is C21H32N4O3. The molecule has 7 nitrogen and oxygen atoms in total. The van der Waals surface area contributed by atoms with Crippen molar-refractivity contribution in [3.8, 4) is 0 Å². The van der Waals surface area contributed by atoms with Crippen LogP contribution in [0.15, 0.2) is 16.9 Å². The lowest BCUT2D eigenvalue weighted by atomic mass is 9.77. The van der Waals surface area contributed by atoms with Gasteiger partial charge in [0.1, 0.15) is 11.7 Å². The molecule has 3 heterocycles. The van der Waals surface area contributed by atoms with E-state index in [0.717, 1.165) is 45.2 Å². The third kappa shape index (κ3) is 4.62. The summed E-state index contributed by atoms with van der Waals surface area (Å²) in [4.78, 5) is 41.1. The van der Waals surface area contributed by atoms with Crippen LogP contribution in [0.2, 0.25) is 0 Å². The first-order valence-electron chi connectivity index (χ1n) is 10.4. The van der Waals surface area contributed by atoms with Crippen LogP contribution in [0.4, 0.5) is 0 Å². The van der Waals surface area contributed by atoms with Crippen molar-refractivity contribution in [1.82, 2.24) is 20.0 Å². The molecule has 7 heteroatoms. The number of amides is 2. The predicted octanol–water partition coefficient (Wildman–Crippen LogP) is 2.44. The summed E-state index contributed by atoms with van der Waals surface area (Å²) in [7, 11) is 0.